The van der Waals surface area contributed by atoms with Gasteiger partial charge in [0.1, 0.15) is 23.0 Å². The molecule has 0 fully saturated rings. The largest absolute Gasteiger partial charge is 0.519 e. The monoisotopic (exact) mass is 750 g/mol. The van der Waals surface area contributed by atoms with Gasteiger partial charge in [0, 0.05) is 22.9 Å². The number of hydrogen-bond donors (Lipinski definition) is 2. The number of rotatable bonds is 8. The van der Waals surface area contributed by atoms with Crippen LogP contribution >= 0.6 is 23.2 Å². The fourth-order valence-corrected chi connectivity index (χ4v) is 3.99. The van der Waals surface area contributed by atoms with Gasteiger partial charge in [-0.05, 0) is 47.5 Å². The Morgan fingerprint density at radius 3 is 1.10 bits per heavy atom. The van der Waals surface area contributed by atoms with Crippen LogP contribution in [-0.2, 0) is 24.6 Å². The van der Waals surface area contributed by atoms with E-state index >= 15 is 0 Å². The Labute approximate surface area is 290 Å². The predicted octanol–water partition coefficient (Wildman–Crippen LogP) is 10.4. The summed E-state index contributed by atoms with van der Waals surface area (Å²) < 4.78 is 94.5. The minimum absolute atomic E-state index is 0.144. The van der Waals surface area contributed by atoms with E-state index < -0.39 is 43.7 Å². The van der Waals surface area contributed by atoms with Crippen LogP contribution in [-0.4, -0.2) is 41.0 Å². The molecule has 0 spiro atoms. The van der Waals surface area contributed by atoms with E-state index in [1.807, 2.05) is 0 Å². The van der Waals surface area contributed by atoms with E-state index in [-0.39, 0.29) is 34.1 Å². The van der Waals surface area contributed by atoms with Crippen molar-refractivity contribution in [3.05, 3.63) is 119 Å². The Morgan fingerprint density at radius 2 is 0.820 bits per heavy atom. The Kier molecular flexibility index (Phi) is 16.2. The van der Waals surface area contributed by atoms with E-state index in [0.29, 0.717) is 11.8 Å². The van der Waals surface area contributed by atoms with Gasteiger partial charge in [0.25, 0.3) is 0 Å². The lowest BCUT2D eigenvalue weighted by Crippen LogP contribution is -2.17. The molecule has 50 heavy (non-hydrogen) atoms. The lowest BCUT2D eigenvalue weighted by Gasteiger charge is -2.11. The van der Waals surface area contributed by atoms with Crippen molar-refractivity contribution < 1.29 is 69.9 Å². The molecule has 2 N–H and O–H groups in total. The first kappa shape index (κ1) is 41.0. The summed E-state index contributed by atoms with van der Waals surface area (Å²) in [6.45, 7) is 0. The molecule has 0 unspecified atom stereocenters. The number of hydrogen-bond acceptors (Lipinski definition) is 7. The summed E-state index contributed by atoms with van der Waals surface area (Å²) in [5.41, 5.74) is 1.38. The van der Waals surface area contributed by atoms with Crippen molar-refractivity contribution >= 4 is 41.7 Å². The van der Waals surface area contributed by atoms with E-state index in [0.717, 1.165) is 11.1 Å². The normalized spacial score (nSPS) is 10.7. The molecule has 0 saturated carbocycles. The van der Waals surface area contributed by atoms with Gasteiger partial charge in [-0.3, -0.25) is 0 Å². The summed E-state index contributed by atoms with van der Waals surface area (Å²) in [6.07, 6.45) is -15.3. The number of carbonyl (C=O) groups excluding carboxylic acids is 2. The minimum Gasteiger partial charge on any atom is -0.450 e. The number of benzene rings is 4. The molecule has 0 aliphatic heterocycles. The van der Waals surface area contributed by atoms with E-state index in [9.17, 15) is 35.9 Å². The van der Waals surface area contributed by atoms with Crippen molar-refractivity contribution in [2.24, 2.45) is 0 Å². The zero-order chi connectivity index (χ0) is 37.3. The van der Waals surface area contributed by atoms with Crippen molar-refractivity contribution in [1.82, 2.24) is 0 Å². The van der Waals surface area contributed by atoms with E-state index in [1.54, 1.807) is 24.3 Å². The highest BCUT2D eigenvalue weighted by Gasteiger charge is 2.30. The van der Waals surface area contributed by atoms with Gasteiger partial charge in [-0.2, -0.15) is 26.3 Å². The molecule has 0 bridgehead atoms. The van der Waals surface area contributed by atoms with Crippen LogP contribution in [0.15, 0.2) is 97.1 Å². The van der Waals surface area contributed by atoms with Crippen LogP contribution in [0.4, 0.5) is 40.7 Å². The smallest absolute Gasteiger partial charge is 0.450 e. The highest BCUT2D eigenvalue weighted by molar-refractivity contribution is 6.17. The van der Waals surface area contributed by atoms with Crippen LogP contribution in [0.2, 0.25) is 0 Å². The van der Waals surface area contributed by atoms with Crippen LogP contribution in [0.3, 0.4) is 0 Å². The average molecular weight is 751 g/mol. The number of carboxylic acid groups (broad SMARTS) is 2. The highest BCUT2D eigenvalue weighted by Crippen LogP contribution is 2.29. The van der Waals surface area contributed by atoms with Gasteiger partial charge in [0.2, 0.25) is 0 Å². The third-order valence-electron chi connectivity index (χ3n) is 5.67. The quantitative estimate of drug-likeness (QED) is 0.0782. The molecule has 17 heteroatoms. The van der Waals surface area contributed by atoms with Crippen LogP contribution in [0.1, 0.15) is 22.3 Å². The number of para-hydroxylation sites is 2. The minimum atomic E-state index is -4.40. The van der Waals surface area contributed by atoms with Gasteiger partial charge in [0.05, 0.1) is 12.8 Å². The maximum absolute atomic E-state index is 12.5. The van der Waals surface area contributed by atoms with E-state index in [4.69, 9.17) is 57.2 Å². The molecule has 0 atom stereocenters. The van der Waals surface area contributed by atoms with Crippen molar-refractivity contribution in [1.29, 1.82) is 0 Å². The van der Waals surface area contributed by atoms with Crippen molar-refractivity contribution in [2.45, 2.75) is 37.0 Å². The van der Waals surface area contributed by atoms with Crippen LogP contribution in [0.5, 0.6) is 23.0 Å². The third kappa shape index (κ3) is 16.8. The molecule has 9 nitrogen and oxygen atoms in total. The van der Waals surface area contributed by atoms with Gasteiger partial charge >= 0.3 is 30.8 Å². The molecule has 0 saturated heterocycles. The predicted molar refractivity (Wildman–Crippen MR) is 168 cm³/mol. The van der Waals surface area contributed by atoms with E-state index in [2.05, 4.69) is 0 Å². The fraction of sp³-hybridized carbons (Fsp3) is 0.182. The molecule has 4 aromatic rings. The Balaban J connectivity index is 0.000000313. The molecule has 268 valence electrons. The molecule has 0 heterocycles. The first-order valence-corrected chi connectivity index (χ1v) is 14.8. The first-order valence-electron chi connectivity index (χ1n) is 13.8. The van der Waals surface area contributed by atoms with Gasteiger partial charge in [-0.15, -0.1) is 23.2 Å². The van der Waals surface area contributed by atoms with Gasteiger partial charge < -0.3 is 29.2 Å². The molecule has 0 radical (unpaired) electrons. The second-order valence-corrected chi connectivity index (χ2v) is 10.1. The second-order valence-electron chi connectivity index (χ2n) is 9.55. The molecular formula is C33H26Cl2F6O9. The summed E-state index contributed by atoms with van der Waals surface area (Å²) in [4.78, 5) is 32.0. The summed E-state index contributed by atoms with van der Waals surface area (Å²) in [7, 11) is 0. The van der Waals surface area contributed by atoms with Crippen molar-refractivity contribution in [2.75, 3.05) is 0 Å². The highest BCUT2D eigenvalue weighted by atomic mass is 35.5. The molecule has 4 rings (SSSR count). The topological polar surface area (TPSA) is 129 Å². The summed E-state index contributed by atoms with van der Waals surface area (Å²) >= 11 is 11.3. The third-order valence-corrected chi connectivity index (χ3v) is 6.29. The first-order chi connectivity index (χ1) is 23.5. The summed E-state index contributed by atoms with van der Waals surface area (Å²) in [6, 6.07) is 23.5. The average Bonchev–Trinajstić information content (AvgIpc) is 3.02. The fourth-order valence-electron chi connectivity index (χ4n) is 3.64. The summed E-state index contributed by atoms with van der Waals surface area (Å²) in [5, 5.41) is 13.9. The van der Waals surface area contributed by atoms with Crippen molar-refractivity contribution in [3.8, 4) is 23.0 Å². The Morgan fingerprint density at radius 1 is 0.520 bits per heavy atom. The molecule has 0 aliphatic carbocycles. The zero-order valence-corrected chi connectivity index (χ0v) is 26.9. The number of ether oxygens (including phenoxy) is 4. The van der Waals surface area contributed by atoms with E-state index in [1.165, 1.54) is 72.8 Å². The molecule has 0 aliphatic rings. The van der Waals surface area contributed by atoms with Crippen molar-refractivity contribution in [3.63, 3.8) is 0 Å². The van der Waals surface area contributed by atoms with Gasteiger partial charge in [0.15, 0.2) is 0 Å². The molecular weight excluding hydrogens is 725 g/mol. The molecule has 0 aromatic heterocycles. The standard InChI is InChI=1S/2C16H12ClF3O3.CH2O3/c2*17-10-11-5-7-13(8-6-11)22-15(21)23-14-4-2-1-3-12(14)9-16(18,19)20;2-1(3)4/h2*1-8H,9-10H2;(H2,2,3,4). The molecule has 4 aromatic carbocycles. The number of carbonyl (C=O) groups is 3. The summed E-state index contributed by atoms with van der Waals surface area (Å²) in [5.74, 6) is 0.666. The SMILES string of the molecule is O=C(O)O.O=C(Oc1ccc(CCl)cc1)Oc1ccccc1CC(F)(F)F.O=C(Oc1ccc(CCl)cc1)Oc1ccccc1CC(F)(F)F. The lowest BCUT2D eigenvalue weighted by molar-refractivity contribution is -0.128. The van der Waals surface area contributed by atoms with Crippen LogP contribution in [0.25, 0.3) is 0 Å². The Bertz CT molecular complexity index is 1560. The molecule has 0 amide bonds. The zero-order valence-electron chi connectivity index (χ0n) is 25.3. The second kappa shape index (κ2) is 19.7. The lowest BCUT2D eigenvalue weighted by atomic mass is 10.1. The van der Waals surface area contributed by atoms with Crippen LogP contribution < -0.4 is 18.9 Å². The van der Waals surface area contributed by atoms with Crippen LogP contribution in [0, 0.1) is 0 Å². The van der Waals surface area contributed by atoms with Gasteiger partial charge in [-0.1, -0.05) is 60.7 Å². The number of halogens is 8. The Hall–Kier alpha value is -5.15. The maximum Gasteiger partial charge on any atom is 0.519 e. The maximum atomic E-state index is 12.5. The number of alkyl halides is 8. The van der Waals surface area contributed by atoms with Gasteiger partial charge in [-0.25, -0.2) is 14.4 Å².